The summed E-state index contributed by atoms with van der Waals surface area (Å²) in [5, 5.41) is 6.33. The molecule has 0 radical (unpaired) electrons. The van der Waals surface area contributed by atoms with E-state index in [0.29, 0.717) is 6.61 Å². The second-order valence-electron chi connectivity index (χ2n) is 5.64. The summed E-state index contributed by atoms with van der Waals surface area (Å²) in [4.78, 5) is 12.4. The second-order valence-corrected chi connectivity index (χ2v) is 5.64. The normalized spacial score (nSPS) is 18.8. The van der Waals surface area contributed by atoms with Crippen LogP contribution < -0.4 is 10.6 Å². The van der Waals surface area contributed by atoms with E-state index in [1.54, 1.807) is 7.11 Å². The van der Waals surface area contributed by atoms with E-state index in [0.717, 1.165) is 18.5 Å². The maximum absolute atomic E-state index is 12.4. The number of fused-ring (bicyclic) bond motifs is 1. The molecule has 1 amide bonds. The number of nitrogens with one attached hydrogen (secondary N) is 2. The molecule has 1 heterocycles. The van der Waals surface area contributed by atoms with Crippen molar-refractivity contribution in [3.8, 4) is 0 Å². The van der Waals surface area contributed by atoms with Crippen LogP contribution in [-0.4, -0.2) is 31.7 Å². The Kier molecular flexibility index (Phi) is 4.22. The Labute approximate surface area is 114 Å². The first-order valence-electron chi connectivity index (χ1n) is 6.66. The third-order valence-corrected chi connectivity index (χ3v) is 3.34. The second kappa shape index (κ2) is 5.72. The van der Waals surface area contributed by atoms with Gasteiger partial charge >= 0.3 is 0 Å². The molecule has 0 spiro atoms. The molecule has 0 saturated heterocycles. The lowest BCUT2D eigenvalue weighted by Crippen LogP contribution is -2.51. The third kappa shape index (κ3) is 3.33. The summed E-state index contributed by atoms with van der Waals surface area (Å²) in [6.45, 7) is 5.25. The number of amides is 1. The Hall–Kier alpha value is -1.39. The molecule has 0 aromatic heterocycles. The number of benzene rings is 1. The Bertz CT molecular complexity index is 457. The predicted octanol–water partition coefficient (Wildman–Crippen LogP) is 1.41. The zero-order valence-electron chi connectivity index (χ0n) is 11.8. The molecule has 2 N–H and O–H groups in total. The molecular formula is C15H22N2O2. The number of ether oxygens (including phenoxy) is 1. The summed E-state index contributed by atoms with van der Waals surface area (Å²) >= 11 is 0. The van der Waals surface area contributed by atoms with E-state index in [1.807, 2.05) is 32.0 Å². The minimum atomic E-state index is -0.361. The number of methoxy groups -OCH3 is 1. The average molecular weight is 262 g/mol. The van der Waals surface area contributed by atoms with Crippen LogP contribution in [0.4, 0.5) is 0 Å². The van der Waals surface area contributed by atoms with E-state index < -0.39 is 0 Å². The zero-order valence-corrected chi connectivity index (χ0v) is 11.8. The highest BCUT2D eigenvalue weighted by Crippen LogP contribution is 2.23. The van der Waals surface area contributed by atoms with Crippen molar-refractivity contribution in [3.63, 3.8) is 0 Å². The van der Waals surface area contributed by atoms with E-state index in [4.69, 9.17) is 4.74 Å². The van der Waals surface area contributed by atoms with Crippen molar-refractivity contribution in [1.29, 1.82) is 0 Å². The molecule has 1 atom stereocenters. The van der Waals surface area contributed by atoms with E-state index in [2.05, 4.69) is 16.7 Å². The number of hydrogen-bond acceptors (Lipinski definition) is 3. The predicted molar refractivity (Wildman–Crippen MR) is 75.0 cm³/mol. The van der Waals surface area contributed by atoms with Crippen LogP contribution in [0, 0.1) is 0 Å². The van der Waals surface area contributed by atoms with Crippen LogP contribution in [0.15, 0.2) is 24.3 Å². The van der Waals surface area contributed by atoms with E-state index >= 15 is 0 Å². The lowest BCUT2D eigenvalue weighted by atomic mass is 9.93. The fourth-order valence-electron chi connectivity index (χ4n) is 2.54. The summed E-state index contributed by atoms with van der Waals surface area (Å²) < 4.78 is 5.13. The third-order valence-electron chi connectivity index (χ3n) is 3.34. The molecule has 1 aliphatic rings. The highest BCUT2D eigenvalue weighted by molar-refractivity contribution is 5.84. The van der Waals surface area contributed by atoms with E-state index in [-0.39, 0.29) is 17.5 Å². The molecule has 1 aliphatic heterocycles. The molecule has 2 rings (SSSR count). The molecule has 1 unspecified atom stereocenters. The monoisotopic (exact) mass is 262 g/mol. The maximum atomic E-state index is 12.4. The fraction of sp³-hybridized carbons (Fsp3) is 0.533. The van der Waals surface area contributed by atoms with Crippen LogP contribution in [0.5, 0.6) is 0 Å². The molecule has 4 heteroatoms. The molecular weight excluding hydrogens is 240 g/mol. The summed E-state index contributed by atoms with van der Waals surface area (Å²) in [5.74, 6) is 0.00852. The van der Waals surface area contributed by atoms with Crippen LogP contribution in [0.3, 0.4) is 0 Å². The van der Waals surface area contributed by atoms with Crippen LogP contribution in [-0.2, 0) is 16.0 Å². The van der Waals surface area contributed by atoms with Gasteiger partial charge in [0.05, 0.1) is 12.1 Å². The van der Waals surface area contributed by atoms with Gasteiger partial charge in [0.15, 0.2) is 0 Å². The number of hydrogen-bond donors (Lipinski definition) is 2. The molecule has 1 aromatic rings. The van der Waals surface area contributed by atoms with Crippen molar-refractivity contribution in [2.24, 2.45) is 0 Å². The minimum absolute atomic E-state index is 0.00852. The van der Waals surface area contributed by atoms with Gasteiger partial charge in [-0.25, -0.2) is 0 Å². The molecule has 104 valence electrons. The molecule has 1 aromatic carbocycles. The van der Waals surface area contributed by atoms with Gasteiger partial charge in [0, 0.05) is 13.7 Å². The Morgan fingerprint density at radius 1 is 1.47 bits per heavy atom. The van der Waals surface area contributed by atoms with Crippen LogP contribution in [0.1, 0.15) is 31.0 Å². The highest BCUT2D eigenvalue weighted by Gasteiger charge is 2.29. The van der Waals surface area contributed by atoms with Gasteiger partial charge < -0.3 is 15.4 Å². The first kappa shape index (κ1) is 14.0. The zero-order chi connectivity index (χ0) is 13.9. The number of carbonyl (C=O) groups excluding carboxylic acids is 1. The van der Waals surface area contributed by atoms with Crippen molar-refractivity contribution in [2.45, 2.75) is 31.8 Å². The topological polar surface area (TPSA) is 50.4 Å². The van der Waals surface area contributed by atoms with Crippen LogP contribution in [0.2, 0.25) is 0 Å². The first-order chi connectivity index (χ1) is 9.03. The van der Waals surface area contributed by atoms with Gasteiger partial charge in [0.25, 0.3) is 0 Å². The standard InChI is InChI=1S/C15H22N2O2/c1-15(2,10-19-3)17-14(18)13-12-7-5-4-6-11(12)8-9-16-13/h4-7,13,16H,8-10H2,1-3H3,(H,17,18). The average Bonchev–Trinajstić information content (AvgIpc) is 2.37. The fourth-order valence-corrected chi connectivity index (χ4v) is 2.54. The summed E-state index contributed by atoms with van der Waals surface area (Å²) in [6, 6.07) is 7.85. The molecule has 0 aliphatic carbocycles. The maximum Gasteiger partial charge on any atom is 0.242 e. The number of rotatable bonds is 4. The van der Waals surface area contributed by atoms with Crippen molar-refractivity contribution in [3.05, 3.63) is 35.4 Å². The number of carbonyl (C=O) groups is 1. The van der Waals surface area contributed by atoms with Gasteiger partial charge in [0.1, 0.15) is 6.04 Å². The van der Waals surface area contributed by atoms with Crippen molar-refractivity contribution in [1.82, 2.24) is 10.6 Å². The SMILES string of the molecule is COCC(C)(C)NC(=O)C1NCCc2ccccc21. The largest absolute Gasteiger partial charge is 0.382 e. The van der Waals surface area contributed by atoms with Crippen LogP contribution >= 0.6 is 0 Å². The Morgan fingerprint density at radius 3 is 2.95 bits per heavy atom. The Morgan fingerprint density at radius 2 is 2.21 bits per heavy atom. The summed E-state index contributed by atoms with van der Waals surface area (Å²) in [5.41, 5.74) is 1.98. The van der Waals surface area contributed by atoms with Gasteiger partial charge in [0.2, 0.25) is 5.91 Å². The quantitative estimate of drug-likeness (QED) is 0.862. The Balaban J connectivity index is 2.13. The molecule has 0 bridgehead atoms. The lowest BCUT2D eigenvalue weighted by Gasteiger charge is -2.31. The van der Waals surface area contributed by atoms with Gasteiger partial charge in [-0.2, -0.15) is 0 Å². The molecule has 0 fully saturated rings. The summed E-state index contributed by atoms with van der Waals surface area (Å²) in [6.07, 6.45) is 0.974. The van der Waals surface area contributed by atoms with E-state index in [1.165, 1.54) is 5.56 Å². The lowest BCUT2D eigenvalue weighted by molar-refractivity contribution is -0.125. The smallest absolute Gasteiger partial charge is 0.242 e. The van der Waals surface area contributed by atoms with Crippen molar-refractivity contribution < 1.29 is 9.53 Å². The van der Waals surface area contributed by atoms with Crippen LogP contribution in [0.25, 0.3) is 0 Å². The molecule has 0 saturated carbocycles. The first-order valence-corrected chi connectivity index (χ1v) is 6.66. The van der Waals surface area contributed by atoms with Crippen molar-refractivity contribution in [2.75, 3.05) is 20.3 Å². The van der Waals surface area contributed by atoms with Crippen molar-refractivity contribution >= 4 is 5.91 Å². The highest BCUT2D eigenvalue weighted by atomic mass is 16.5. The minimum Gasteiger partial charge on any atom is -0.382 e. The van der Waals surface area contributed by atoms with E-state index in [9.17, 15) is 4.79 Å². The molecule has 4 nitrogen and oxygen atoms in total. The van der Waals surface area contributed by atoms with Gasteiger partial charge in [-0.05, 0) is 31.4 Å². The summed E-state index contributed by atoms with van der Waals surface area (Å²) in [7, 11) is 1.64. The van der Waals surface area contributed by atoms with Gasteiger partial charge in [-0.3, -0.25) is 4.79 Å². The van der Waals surface area contributed by atoms with Gasteiger partial charge in [-0.1, -0.05) is 24.3 Å². The molecule has 19 heavy (non-hydrogen) atoms. The van der Waals surface area contributed by atoms with Gasteiger partial charge in [-0.15, -0.1) is 0 Å².